The first kappa shape index (κ1) is 49.6. The second-order valence-corrected chi connectivity index (χ2v) is 22.2. The quantitative estimate of drug-likeness (QED) is 0.0768. The van der Waals surface area contributed by atoms with E-state index in [2.05, 4.69) is 53.2 Å². The van der Waals surface area contributed by atoms with Gasteiger partial charge in [-0.1, -0.05) is 105 Å². The minimum atomic E-state index is -4.38. The molecular weight excluding hydrogens is 803 g/mol. The number of rotatable bonds is 25. The molecule has 11 nitrogen and oxygen atoms in total. The molecule has 1 N–H and O–H groups in total. The summed E-state index contributed by atoms with van der Waals surface area (Å²) in [6, 6.07) is 9.48. The normalized spacial score (nSPS) is 20.1. The zero-order valence-corrected chi connectivity index (χ0v) is 39.3. The predicted octanol–water partition coefficient (Wildman–Crippen LogP) is 9.29. The summed E-state index contributed by atoms with van der Waals surface area (Å²) in [5.74, 6) is 3.11. The summed E-state index contributed by atoms with van der Waals surface area (Å²) in [6.07, 6.45) is 7.25. The Balaban J connectivity index is 2.05. The van der Waals surface area contributed by atoms with Gasteiger partial charge < -0.3 is 18.9 Å². The summed E-state index contributed by atoms with van der Waals surface area (Å²) in [7, 11) is -5.70. The largest absolute Gasteiger partial charge is 0.610 e. The second kappa shape index (κ2) is 23.3. The molecule has 2 aromatic rings. The fourth-order valence-electron chi connectivity index (χ4n) is 9.40. The van der Waals surface area contributed by atoms with Gasteiger partial charge in [-0.2, -0.15) is 9.03 Å². The van der Waals surface area contributed by atoms with Gasteiger partial charge in [-0.05, 0) is 73.5 Å². The van der Waals surface area contributed by atoms with Gasteiger partial charge in [0.05, 0.1) is 13.2 Å². The van der Waals surface area contributed by atoms with Gasteiger partial charge in [-0.3, -0.25) is 0 Å². The monoisotopic (exact) mass is 873 g/mol. The van der Waals surface area contributed by atoms with E-state index in [1.807, 2.05) is 6.07 Å². The van der Waals surface area contributed by atoms with E-state index in [4.69, 9.17) is 9.47 Å². The smallest absolute Gasteiger partial charge is 0.410 e. The molecule has 0 spiro atoms. The highest BCUT2D eigenvalue weighted by atomic mass is 32.3. The minimum absolute atomic E-state index is 0.0582. The van der Waals surface area contributed by atoms with Crippen molar-refractivity contribution < 1.29 is 35.7 Å². The van der Waals surface area contributed by atoms with Crippen molar-refractivity contribution in [2.75, 3.05) is 40.5 Å². The molecule has 1 aromatic carbocycles. The van der Waals surface area contributed by atoms with Crippen molar-refractivity contribution in [1.82, 2.24) is 13.9 Å². The SMILES string of the molecule is CCC(C)C(CC)C(CC)C(CC)C(CC)C(CC)CCC(NS(=O)(=O)c1cc2c(s1)S(=O)(=O)N(CCCOC)C[C@@H]2N(CC)C(=O)OC)[S+]([O-])c1ccccc1. The Morgan fingerprint density at radius 2 is 1.56 bits per heavy atom. The van der Waals surface area contributed by atoms with Crippen LogP contribution in [-0.2, 0) is 40.7 Å². The average molecular weight is 874 g/mol. The highest BCUT2D eigenvalue weighted by molar-refractivity contribution is 7.96. The summed E-state index contributed by atoms with van der Waals surface area (Å²) < 4.78 is 85.3. The molecule has 0 saturated carbocycles. The lowest BCUT2D eigenvalue weighted by molar-refractivity contribution is 0.0717. The van der Waals surface area contributed by atoms with Crippen LogP contribution in [0.2, 0.25) is 0 Å². The van der Waals surface area contributed by atoms with E-state index in [1.54, 1.807) is 31.2 Å². The maximum Gasteiger partial charge on any atom is 0.410 e. The highest BCUT2D eigenvalue weighted by Gasteiger charge is 2.44. The Morgan fingerprint density at radius 1 is 0.947 bits per heavy atom. The number of nitrogens with one attached hydrogen (secondary N) is 1. The maximum absolute atomic E-state index is 14.5. The Morgan fingerprint density at radius 3 is 2.09 bits per heavy atom. The molecule has 0 radical (unpaired) electrons. The van der Waals surface area contributed by atoms with E-state index in [-0.39, 0.29) is 33.6 Å². The van der Waals surface area contributed by atoms with Gasteiger partial charge >= 0.3 is 6.09 Å². The summed E-state index contributed by atoms with van der Waals surface area (Å²) >= 11 is -1.08. The van der Waals surface area contributed by atoms with Gasteiger partial charge in [0.2, 0.25) is 0 Å². The Kier molecular flexibility index (Phi) is 20.3. The van der Waals surface area contributed by atoms with Crippen LogP contribution in [0.15, 0.2) is 49.7 Å². The number of ether oxygens (including phenoxy) is 2. The van der Waals surface area contributed by atoms with Crippen molar-refractivity contribution in [3.05, 3.63) is 42.0 Å². The minimum Gasteiger partial charge on any atom is -0.610 e. The first-order chi connectivity index (χ1) is 27.1. The number of sulfonamides is 2. The molecule has 1 aliphatic heterocycles. The molecule has 0 saturated heterocycles. The number of likely N-dealkylation sites (N-methyl/N-ethyl adjacent to an activating group) is 1. The summed E-state index contributed by atoms with van der Waals surface area (Å²) in [6.45, 7) is 18.5. The van der Waals surface area contributed by atoms with Crippen LogP contribution in [0.1, 0.15) is 125 Å². The zero-order chi connectivity index (χ0) is 42.5. The number of amides is 1. The number of hydrogen-bond donors (Lipinski definition) is 1. The molecule has 0 bridgehead atoms. The topological polar surface area (TPSA) is 145 Å². The van der Waals surface area contributed by atoms with Crippen molar-refractivity contribution in [1.29, 1.82) is 0 Å². The van der Waals surface area contributed by atoms with Crippen molar-refractivity contribution in [3.63, 3.8) is 0 Å². The molecule has 9 atom stereocenters. The number of methoxy groups -OCH3 is 2. The third kappa shape index (κ3) is 12.0. The van der Waals surface area contributed by atoms with Gasteiger partial charge in [-0.15, -0.1) is 11.3 Å². The molecule has 326 valence electrons. The molecule has 2 heterocycles. The van der Waals surface area contributed by atoms with Gasteiger partial charge in [0.1, 0.15) is 8.42 Å². The maximum atomic E-state index is 14.5. The standard InChI is InChI=1S/C42H71N3O8S4/c1-11-30(8)33(13-3)35(15-5)36(16-6)34(14-4)31(12-2)24-25-39(55(47)32-22-19-18-20-23-32)43-56(48,49)40-28-37-38(45(17-7)42(46)53-10)29-44(26-21-27-52-9)57(50,51)41(37)54-40/h18-20,22-23,28,30-31,33-36,38-39,43H,11-17,21,24-27,29H2,1-10H3/t30?,31?,33?,34?,35?,36?,38-,39?,55?/m0/s1. The van der Waals surface area contributed by atoms with E-state index >= 15 is 0 Å². The first-order valence-corrected chi connectivity index (χ1v) is 26.1. The number of thiophene rings is 1. The molecule has 0 aliphatic carbocycles. The third-order valence-electron chi connectivity index (χ3n) is 12.5. The average Bonchev–Trinajstić information content (AvgIpc) is 3.69. The molecule has 1 aliphatic rings. The summed E-state index contributed by atoms with van der Waals surface area (Å²) in [5, 5.41) is -0.964. The Labute approximate surface area is 352 Å². The zero-order valence-electron chi connectivity index (χ0n) is 36.1. The Hall–Kier alpha value is -1.72. The van der Waals surface area contributed by atoms with Crippen LogP contribution in [-0.4, -0.2) is 82.5 Å². The second-order valence-electron chi connectivity index (χ2n) is 15.4. The van der Waals surface area contributed by atoms with Gasteiger partial charge in [-0.25, -0.2) is 21.6 Å². The van der Waals surface area contributed by atoms with Gasteiger partial charge in [0.25, 0.3) is 20.0 Å². The van der Waals surface area contributed by atoms with Crippen molar-refractivity contribution in [3.8, 4) is 0 Å². The number of hydrogen-bond acceptors (Lipinski definition) is 9. The fourth-order valence-corrected chi connectivity index (χ4v) is 16.2. The molecule has 1 aromatic heterocycles. The molecular formula is C42H71N3O8S4. The number of fused-ring (bicyclic) bond motifs is 1. The molecule has 8 unspecified atom stereocenters. The van der Waals surface area contributed by atoms with Crippen molar-refractivity contribution in [2.24, 2.45) is 35.5 Å². The Bertz CT molecular complexity index is 1730. The first-order valence-electron chi connectivity index (χ1n) is 21.1. The fraction of sp³-hybridized carbons (Fsp3) is 0.738. The van der Waals surface area contributed by atoms with Crippen LogP contribution in [0.25, 0.3) is 0 Å². The molecule has 57 heavy (non-hydrogen) atoms. The van der Waals surface area contributed by atoms with Crippen molar-refractivity contribution in [2.45, 2.75) is 138 Å². The van der Waals surface area contributed by atoms with Crippen LogP contribution >= 0.6 is 11.3 Å². The lowest BCUT2D eigenvalue weighted by Gasteiger charge is -2.42. The van der Waals surface area contributed by atoms with Crippen LogP contribution in [0.3, 0.4) is 0 Å². The summed E-state index contributed by atoms with van der Waals surface area (Å²) in [5.41, 5.74) is 0.229. The van der Waals surface area contributed by atoms with Crippen LogP contribution < -0.4 is 4.72 Å². The van der Waals surface area contributed by atoms with Gasteiger partial charge in [0, 0.05) is 56.5 Å². The lowest BCUT2D eigenvalue weighted by Crippen LogP contribution is -2.47. The van der Waals surface area contributed by atoms with E-state index < -0.39 is 48.7 Å². The van der Waals surface area contributed by atoms with E-state index in [1.165, 1.54) is 29.5 Å². The predicted molar refractivity (Wildman–Crippen MR) is 232 cm³/mol. The van der Waals surface area contributed by atoms with Crippen LogP contribution in [0.4, 0.5) is 4.79 Å². The van der Waals surface area contributed by atoms with Crippen molar-refractivity contribution >= 4 is 48.7 Å². The summed E-state index contributed by atoms with van der Waals surface area (Å²) in [4.78, 5) is 14.8. The van der Waals surface area contributed by atoms with Gasteiger partial charge in [0.15, 0.2) is 10.3 Å². The third-order valence-corrected chi connectivity index (χ3v) is 19.8. The molecule has 3 rings (SSSR count). The molecule has 15 heteroatoms. The number of benzene rings is 1. The van der Waals surface area contributed by atoms with Crippen LogP contribution in [0, 0.1) is 35.5 Å². The molecule has 0 fully saturated rings. The highest BCUT2D eigenvalue weighted by Crippen LogP contribution is 2.45. The van der Waals surface area contributed by atoms with Crippen LogP contribution in [0.5, 0.6) is 0 Å². The van der Waals surface area contributed by atoms with E-state index in [0.29, 0.717) is 77.6 Å². The number of carbonyl (C=O) groups excluding carboxylic acids is 1. The molecule has 1 amide bonds. The number of nitrogens with zero attached hydrogens (tertiary/aromatic N) is 2. The lowest BCUT2D eigenvalue weighted by atomic mass is 9.63. The van der Waals surface area contributed by atoms with E-state index in [9.17, 15) is 26.2 Å². The number of carbonyl (C=O) groups is 1. The van der Waals surface area contributed by atoms with E-state index in [0.717, 1.165) is 38.5 Å².